The third kappa shape index (κ3) is 5.02. The third-order valence-electron chi connectivity index (χ3n) is 2.09. The highest BCUT2D eigenvalue weighted by Crippen LogP contribution is 2.17. The van der Waals surface area contributed by atoms with Crippen molar-refractivity contribution >= 4 is 0 Å². The van der Waals surface area contributed by atoms with Gasteiger partial charge >= 0.3 is 0 Å². The number of allylic oxidation sites excluding steroid dienone is 1. The van der Waals surface area contributed by atoms with Crippen LogP contribution >= 0.6 is 0 Å². The van der Waals surface area contributed by atoms with Crippen LogP contribution in [0.5, 0.6) is 0 Å². The summed E-state index contributed by atoms with van der Waals surface area (Å²) in [6, 6.07) is 0. The monoisotopic (exact) mass is 154 g/mol. The molecule has 0 aromatic rings. The Kier molecular flexibility index (Phi) is 4.29. The van der Waals surface area contributed by atoms with Gasteiger partial charge in [-0.2, -0.15) is 0 Å². The zero-order valence-electron chi connectivity index (χ0n) is 7.22. The van der Waals surface area contributed by atoms with Crippen molar-refractivity contribution in [1.29, 1.82) is 0 Å². The highest BCUT2D eigenvalue weighted by Gasteiger charge is 2.20. The van der Waals surface area contributed by atoms with Crippen LogP contribution in [-0.2, 0) is 4.74 Å². The van der Waals surface area contributed by atoms with Crippen LogP contribution in [0, 0.1) is 0 Å². The van der Waals surface area contributed by atoms with Gasteiger partial charge in [0.05, 0.1) is 12.7 Å². The van der Waals surface area contributed by atoms with E-state index < -0.39 is 0 Å². The van der Waals surface area contributed by atoms with E-state index in [9.17, 15) is 0 Å². The maximum absolute atomic E-state index is 5.12. The molecule has 0 spiro atoms. The van der Waals surface area contributed by atoms with E-state index in [0.717, 1.165) is 6.61 Å². The van der Waals surface area contributed by atoms with E-state index in [1.54, 1.807) is 0 Å². The first-order chi connectivity index (χ1) is 5.43. The minimum Gasteiger partial charge on any atom is -0.373 e. The number of hydrogen-bond donors (Lipinski definition) is 0. The predicted octanol–water partition coefficient (Wildman–Crippen LogP) is 2.91. The maximum Gasteiger partial charge on any atom is 0.0810 e. The van der Waals surface area contributed by atoms with E-state index >= 15 is 0 Å². The summed E-state index contributed by atoms with van der Waals surface area (Å²) in [6.45, 7) is 4.72. The number of unbranched alkanes of at least 4 members (excludes halogenated alkanes) is 4. The number of rotatable bonds is 7. The highest BCUT2D eigenvalue weighted by atomic mass is 16.6. The second kappa shape index (κ2) is 5.36. The fraction of sp³-hybridized carbons (Fsp3) is 0.800. The minimum absolute atomic E-state index is 0.634. The van der Waals surface area contributed by atoms with Gasteiger partial charge in [-0.1, -0.05) is 25.3 Å². The summed E-state index contributed by atoms with van der Waals surface area (Å²) >= 11 is 0. The fourth-order valence-corrected chi connectivity index (χ4v) is 1.25. The minimum atomic E-state index is 0.634. The van der Waals surface area contributed by atoms with Crippen LogP contribution in [0.2, 0.25) is 0 Å². The molecule has 1 heterocycles. The van der Waals surface area contributed by atoms with Crippen molar-refractivity contribution in [1.82, 2.24) is 0 Å². The first kappa shape index (κ1) is 8.79. The van der Waals surface area contributed by atoms with E-state index in [0.29, 0.717) is 6.10 Å². The van der Waals surface area contributed by atoms with Gasteiger partial charge in [-0.05, 0) is 19.3 Å². The molecule has 0 aliphatic carbocycles. The van der Waals surface area contributed by atoms with Crippen molar-refractivity contribution in [2.45, 2.75) is 44.6 Å². The van der Waals surface area contributed by atoms with Gasteiger partial charge in [0.25, 0.3) is 0 Å². The van der Waals surface area contributed by atoms with Crippen molar-refractivity contribution in [3.8, 4) is 0 Å². The smallest absolute Gasteiger partial charge is 0.0810 e. The zero-order chi connectivity index (χ0) is 7.94. The molecule has 1 rings (SSSR count). The molecule has 1 fully saturated rings. The van der Waals surface area contributed by atoms with E-state index in [4.69, 9.17) is 4.74 Å². The number of hydrogen-bond acceptors (Lipinski definition) is 1. The Bertz CT molecular complexity index is 105. The molecule has 1 aliphatic heterocycles. The lowest BCUT2D eigenvalue weighted by Gasteiger charge is -1.96. The molecule has 1 saturated heterocycles. The Morgan fingerprint density at radius 1 is 1.27 bits per heavy atom. The first-order valence-electron chi connectivity index (χ1n) is 4.66. The first-order valence-corrected chi connectivity index (χ1v) is 4.66. The second-order valence-electron chi connectivity index (χ2n) is 3.24. The molecule has 0 aromatic heterocycles. The molecule has 1 atom stereocenters. The van der Waals surface area contributed by atoms with E-state index in [1.807, 2.05) is 6.08 Å². The molecule has 1 nitrogen and oxygen atoms in total. The van der Waals surface area contributed by atoms with Crippen LogP contribution in [-0.4, -0.2) is 12.7 Å². The van der Waals surface area contributed by atoms with Crippen molar-refractivity contribution in [3.63, 3.8) is 0 Å². The summed E-state index contributed by atoms with van der Waals surface area (Å²) in [5, 5.41) is 0. The van der Waals surface area contributed by atoms with Crippen LogP contribution < -0.4 is 0 Å². The van der Waals surface area contributed by atoms with Gasteiger partial charge in [0.2, 0.25) is 0 Å². The summed E-state index contributed by atoms with van der Waals surface area (Å²) in [5.41, 5.74) is 0. The van der Waals surface area contributed by atoms with Crippen LogP contribution in [0.1, 0.15) is 38.5 Å². The quantitative estimate of drug-likeness (QED) is 0.312. The topological polar surface area (TPSA) is 12.5 Å². The molecule has 1 aliphatic rings. The number of epoxide rings is 1. The fourth-order valence-electron chi connectivity index (χ4n) is 1.25. The Hall–Kier alpha value is -0.300. The molecule has 1 unspecified atom stereocenters. The van der Waals surface area contributed by atoms with Crippen molar-refractivity contribution in [2.24, 2.45) is 0 Å². The molecule has 0 bridgehead atoms. The Morgan fingerprint density at radius 2 is 2.00 bits per heavy atom. The largest absolute Gasteiger partial charge is 0.373 e. The van der Waals surface area contributed by atoms with E-state index in [2.05, 4.69) is 6.58 Å². The molecule has 0 amide bonds. The molecular formula is C10H18O. The van der Waals surface area contributed by atoms with Gasteiger partial charge in [0.1, 0.15) is 0 Å². The Labute approximate surface area is 69.4 Å². The average Bonchev–Trinajstić information content (AvgIpc) is 2.80. The lowest BCUT2D eigenvalue weighted by atomic mass is 10.1. The normalized spacial score (nSPS) is 21.6. The lowest BCUT2D eigenvalue weighted by molar-refractivity contribution is 0.388. The standard InChI is InChI=1S/C10H18O/c1-2-3-4-5-6-7-8-10-9-11-10/h2,10H,1,3-9H2. The molecule has 1 heteroatoms. The maximum atomic E-state index is 5.12. The molecule has 0 radical (unpaired) electrons. The molecule has 0 aromatic carbocycles. The molecule has 11 heavy (non-hydrogen) atoms. The lowest BCUT2D eigenvalue weighted by Crippen LogP contribution is -1.85. The van der Waals surface area contributed by atoms with Gasteiger partial charge in [0.15, 0.2) is 0 Å². The van der Waals surface area contributed by atoms with Crippen molar-refractivity contribution < 1.29 is 4.74 Å². The van der Waals surface area contributed by atoms with Gasteiger partial charge < -0.3 is 4.74 Å². The third-order valence-corrected chi connectivity index (χ3v) is 2.09. The molecule has 0 saturated carbocycles. The van der Waals surface area contributed by atoms with Crippen LogP contribution in [0.25, 0.3) is 0 Å². The van der Waals surface area contributed by atoms with Crippen molar-refractivity contribution in [2.75, 3.05) is 6.61 Å². The van der Waals surface area contributed by atoms with Gasteiger partial charge in [-0.25, -0.2) is 0 Å². The second-order valence-corrected chi connectivity index (χ2v) is 3.24. The average molecular weight is 154 g/mol. The van der Waals surface area contributed by atoms with Crippen molar-refractivity contribution in [3.05, 3.63) is 12.7 Å². The molecular weight excluding hydrogens is 136 g/mol. The van der Waals surface area contributed by atoms with Crippen LogP contribution in [0.3, 0.4) is 0 Å². The van der Waals surface area contributed by atoms with E-state index in [-0.39, 0.29) is 0 Å². The zero-order valence-corrected chi connectivity index (χ0v) is 7.22. The highest BCUT2D eigenvalue weighted by molar-refractivity contribution is 4.69. The van der Waals surface area contributed by atoms with Gasteiger partial charge in [-0.15, -0.1) is 6.58 Å². The summed E-state index contributed by atoms with van der Waals surface area (Å²) in [6.07, 6.45) is 10.5. The van der Waals surface area contributed by atoms with Crippen LogP contribution in [0.4, 0.5) is 0 Å². The number of ether oxygens (including phenoxy) is 1. The van der Waals surface area contributed by atoms with E-state index in [1.165, 1.54) is 38.5 Å². The SMILES string of the molecule is C=CCCCCCCC1CO1. The Morgan fingerprint density at radius 3 is 2.64 bits per heavy atom. The predicted molar refractivity (Wildman–Crippen MR) is 47.6 cm³/mol. The summed E-state index contributed by atoms with van der Waals surface area (Å²) in [5.74, 6) is 0. The summed E-state index contributed by atoms with van der Waals surface area (Å²) in [7, 11) is 0. The van der Waals surface area contributed by atoms with Gasteiger partial charge in [-0.3, -0.25) is 0 Å². The summed E-state index contributed by atoms with van der Waals surface area (Å²) < 4.78 is 5.12. The summed E-state index contributed by atoms with van der Waals surface area (Å²) in [4.78, 5) is 0. The molecule has 0 N–H and O–H groups in total. The molecule has 64 valence electrons. The van der Waals surface area contributed by atoms with Crippen LogP contribution in [0.15, 0.2) is 12.7 Å². The van der Waals surface area contributed by atoms with Gasteiger partial charge in [0, 0.05) is 0 Å². The Balaban J connectivity index is 1.69.